The molecular formula is C26H34N6O4S. The van der Waals surface area contributed by atoms with Crippen molar-refractivity contribution in [2.24, 2.45) is 5.92 Å². The number of hydrogen-bond donors (Lipinski definition) is 2. The van der Waals surface area contributed by atoms with E-state index in [2.05, 4.69) is 15.6 Å². The molecule has 11 heteroatoms. The van der Waals surface area contributed by atoms with Gasteiger partial charge in [-0.05, 0) is 57.7 Å². The van der Waals surface area contributed by atoms with E-state index in [4.69, 9.17) is 14.7 Å². The zero-order chi connectivity index (χ0) is 26.6. The van der Waals surface area contributed by atoms with Crippen LogP contribution in [0.25, 0.3) is 10.9 Å². The van der Waals surface area contributed by atoms with Crippen molar-refractivity contribution in [3.05, 3.63) is 53.9 Å². The van der Waals surface area contributed by atoms with Crippen molar-refractivity contribution in [3.63, 3.8) is 0 Å². The topological polar surface area (TPSA) is 126 Å². The van der Waals surface area contributed by atoms with Gasteiger partial charge in [0.25, 0.3) is 0 Å². The van der Waals surface area contributed by atoms with E-state index in [0.29, 0.717) is 54.1 Å². The minimum atomic E-state index is -3.14. The van der Waals surface area contributed by atoms with E-state index in [1.807, 2.05) is 26.0 Å². The van der Waals surface area contributed by atoms with Gasteiger partial charge in [-0.25, -0.2) is 32.5 Å². The number of benzene rings is 1. The second-order valence-corrected chi connectivity index (χ2v) is 11.7. The lowest BCUT2D eigenvalue weighted by Crippen LogP contribution is -2.39. The Kier molecular flexibility index (Phi) is 8.23. The highest BCUT2D eigenvalue weighted by atomic mass is 32.2. The van der Waals surface area contributed by atoms with Crippen LogP contribution in [0, 0.1) is 5.92 Å². The highest BCUT2D eigenvalue weighted by molar-refractivity contribution is 7.88. The van der Waals surface area contributed by atoms with Gasteiger partial charge < -0.3 is 15.4 Å². The smallest absolute Gasteiger partial charge is 0.338 e. The second kappa shape index (κ2) is 11.4. The van der Waals surface area contributed by atoms with Crippen LogP contribution in [0.4, 0.5) is 11.8 Å². The van der Waals surface area contributed by atoms with Crippen molar-refractivity contribution < 1.29 is 17.9 Å². The van der Waals surface area contributed by atoms with Crippen molar-refractivity contribution in [2.75, 3.05) is 36.5 Å². The third-order valence-corrected chi connectivity index (χ3v) is 7.62. The van der Waals surface area contributed by atoms with Gasteiger partial charge in [0.05, 0.1) is 17.5 Å². The van der Waals surface area contributed by atoms with E-state index in [1.54, 1.807) is 37.4 Å². The predicted molar refractivity (Wildman–Crippen MR) is 144 cm³/mol. The minimum absolute atomic E-state index is 0.111. The van der Waals surface area contributed by atoms with Gasteiger partial charge >= 0.3 is 5.97 Å². The number of ether oxygens (including phenoxy) is 1. The number of carbonyl (C=O) groups is 1. The Balaban J connectivity index is 1.49. The van der Waals surface area contributed by atoms with Crippen LogP contribution in [0.2, 0.25) is 0 Å². The van der Waals surface area contributed by atoms with Crippen LogP contribution in [0.5, 0.6) is 0 Å². The predicted octanol–water partition coefficient (Wildman–Crippen LogP) is 3.85. The van der Waals surface area contributed by atoms with Crippen LogP contribution < -0.4 is 10.6 Å². The van der Waals surface area contributed by atoms with Crippen LogP contribution in [0.15, 0.2) is 42.6 Å². The number of hydrogen-bond acceptors (Lipinski definition) is 9. The highest BCUT2D eigenvalue weighted by Crippen LogP contribution is 2.27. The summed E-state index contributed by atoms with van der Waals surface area (Å²) >= 11 is 0. The van der Waals surface area contributed by atoms with E-state index in [-0.39, 0.29) is 6.04 Å². The first-order chi connectivity index (χ1) is 17.6. The molecule has 2 N–H and O–H groups in total. The number of pyridine rings is 1. The van der Waals surface area contributed by atoms with Crippen molar-refractivity contribution in [3.8, 4) is 0 Å². The second-order valence-electron chi connectivity index (χ2n) is 9.73. The van der Waals surface area contributed by atoms with E-state index in [1.165, 1.54) is 10.6 Å². The molecule has 10 nitrogen and oxygen atoms in total. The number of esters is 1. The molecule has 198 valence electrons. The molecule has 4 rings (SSSR count). The van der Waals surface area contributed by atoms with Crippen LogP contribution in [-0.4, -0.2) is 65.6 Å². The van der Waals surface area contributed by atoms with Crippen molar-refractivity contribution in [1.29, 1.82) is 0 Å². The Morgan fingerprint density at radius 3 is 2.49 bits per heavy atom. The number of nitrogens with zero attached hydrogens (tertiary/aromatic N) is 4. The van der Waals surface area contributed by atoms with Crippen molar-refractivity contribution >= 4 is 38.7 Å². The fourth-order valence-corrected chi connectivity index (χ4v) is 5.15. The van der Waals surface area contributed by atoms with Crippen LogP contribution >= 0.6 is 0 Å². The monoisotopic (exact) mass is 526 g/mol. The molecule has 0 amide bonds. The lowest BCUT2D eigenvalue weighted by molar-refractivity contribution is 0.0330. The van der Waals surface area contributed by atoms with Crippen molar-refractivity contribution in [2.45, 2.75) is 45.8 Å². The summed E-state index contributed by atoms with van der Waals surface area (Å²) in [5.41, 5.74) is 1.75. The molecule has 1 fully saturated rings. The van der Waals surface area contributed by atoms with Gasteiger partial charge in [-0.2, -0.15) is 0 Å². The van der Waals surface area contributed by atoms with E-state index < -0.39 is 22.1 Å². The molecule has 0 radical (unpaired) electrons. The summed E-state index contributed by atoms with van der Waals surface area (Å²) in [5.74, 6) is 1.01. The maximum Gasteiger partial charge on any atom is 0.338 e. The Hall–Kier alpha value is -3.31. The van der Waals surface area contributed by atoms with Gasteiger partial charge in [0.2, 0.25) is 16.0 Å². The first kappa shape index (κ1) is 26.7. The summed E-state index contributed by atoms with van der Waals surface area (Å²) in [6, 6.07) is 10.8. The van der Waals surface area contributed by atoms with Gasteiger partial charge in [-0.3, -0.25) is 0 Å². The van der Waals surface area contributed by atoms with E-state index in [0.717, 1.165) is 18.2 Å². The maximum atomic E-state index is 12.5. The Morgan fingerprint density at radius 2 is 1.84 bits per heavy atom. The molecule has 3 aromatic rings. The highest BCUT2D eigenvalue weighted by Gasteiger charge is 2.25. The Labute approximate surface area is 217 Å². The molecule has 37 heavy (non-hydrogen) atoms. The standard InChI is InChI=1S/C26H34N6O4S/c1-17(2)29-24-23-21(14-22(30-24)18(3)36-25(33)20-8-6-5-7-9-20)16-28-26(31-23)27-15-19-10-12-32(13-11-19)37(4,34)35/h5-9,14,16-19H,10-13,15H2,1-4H3,(H,29,30)(H,27,28,31). The first-order valence-electron chi connectivity index (χ1n) is 12.5. The molecule has 1 aromatic carbocycles. The summed E-state index contributed by atoms with van der Waals surface area (Å²) < 4.78 is 30.7. The summed E-state index contributed by atoms with van der Waals surface area (Å²) in [6.45, 7) is 7.55. The number of carbonyl (C=O) groups excluding carboxylic acids is 1. The number of rotatable bonds is 9. The molecular weight excluding hydrogens is 492 g/mol. The van der Waals surface area contributed by atoms with Gasteiger partial charge in [0.1, 0.15) is 11.6 Å². The maximum absolute atomic E-state index is 12.5. The first-order valence-corrected chi connectivity index (χ1v) is 14.3. The molecule has 3 heterocycles. The number of aromatic nitrogens is 3. The molecule has 1 atom stereocenters. The summed E-state index contributed by atoms with van der Waals surface area (Å²) in [6.07, 6.45) is 4.00. The van der Waals surface area contributed by atoms with Crippen LogP contribution in [0.1, 0.15) is 55.8 Å². The summed E-state index contributed by atoms with van der Waals surface area (Å²) in [7, 11) is -3.14. The summed E-state index contributed by atoms with van der Waals surface area (Å²) in [5, 5.41) is 7.44. The Morgan fingerprint density at radius 1 is 1.14 bits per heavy atom. The summed E-state index contributed by atoms with van der Waals surface area (Å²) in [4.78, 5) is 26.5. The molecule has 1 saturated heterocycles. The third-order valence-electron chi connectivity index (χ3n) is 6.31. The average Bonchev–Trinajstić information content (AvgIpc) is 2.87. The molecule has 0 spiro atoms. The normalized spacial score (nSPS) is 16.0. The molecule has 0 saturated carbocycles. The average molecular weight is 527 g/mol. The van der Waals surface area contributed by atoms with Gasteiger partial charge in [-0.1, -0.05) is 18.2 Å². The zero-order valence-electron chi connectivity index (χ0n) is 21.6. The number of fused-ring (bicyclic) bond motifs is 1. The fourth-order valence-electron chi connectivity index (χ4n) is 4.27. The van der Waals surface area contributed by atoms with E-state index >= 15 is 0 Å². The lowest BCUT2D eigenvalue weighted by atomic mass is 9.98. The molecule has 1 aliphatic rings. The molecule has 2 aromatic heterocycles. The van der Waals surface area contributed by atoms with Crippen molar-refractivity contribution in [1.82, 2.24) is 19.3 Å². The molecule has 0 bridgehead atoms. The van der Waals surface area contributed by atoms with Gasteiger partial charge in [0.15, 0.2) is 5.82 Å². The number of anilines is 2. The molecule has 1 aliphatic heterocycles. The third kappa shape index (κ3) is 6.92. The quantitative estimate of drug-likeness (QED) is 0.400. The SMILES string of the molecule is CC(C)Nc1nc(C(C)OC(=O)c2ccccc2)cc2cnc(NCC3CCN(S(C)(=O)=O)CC3)nc12. The van der Waals surface area contributed by atoms with Crippen LogP contribution in [0.3, 0.4) is 0 Å². The fraction of sp³-hybridized carbons (Fsp3) is 0.462. The largest absolute Gasteiger partial charge is 0.453 e. The van der Waals surface area contributed by atoms with E-state index in [9.17, 15) is 13.2 Å². The number of nitrogens with one attached hydrogen (secondary N) is 2. The number of sulfonamides is 1. The lowest BCUT2D eigenvalue weighted by Gasteiger charge is -2.30. The van der Waals surface area contributed by atoms with Gasteiger partial charge in [0, 0.05) is 37.3 Å². The minimum Gasteiger partial charge on any atom is -0.453 e. The van der Waals surface area contributed by atoms with Crippen LogP contribution in [-0.2, 0) is 14.8 Å². The number of piperidine rings is 1. The van der Waals surface area contributed by atoms with Gasteiger partial charge in [-0.15, -0.1) is 0 Å². The Bertz CT molecular complexity index is 1340. The molecule has 0 aliphatic carbocycles. The zero-order valence-corrected chi connectivity index (χ0v) is 22.5. The molecule has 1 unspecified atom stereocenters.